The maximum atomic E-state index is 13.6. The van der Waals surface area contributed by atoms with Crippen LogP contribution in [0.3, 0.4) is 0 Å². The predicted octanol–water partition coefficient (Wildman–Crippen LogP) is 4.50. The Kier molecular flexibility index (Phi) is 3.90. The number of hydrogen-bond donors (Lipinski definition) is 2. The van der Waals surface area contributed by atoms with Crippen molar-refractivity contribution >= 4 is 17.3 Å². The van der Waals surface area contributed by atoms with Crippen LogP contribution < -0.4 is 5.32 Å². The van der Waals surface area contributed by atoms with E-state index in [9.17, 15) is 13.9 Å². The SMILES string of the molecule is CC(Nc1c(F)cccc1Cl)c1cc(F)ccc1O. The molecule has 0 heterocycles. The first kappa shape index (κ1) is 13.6. The molecule has 0 spiro atoms. The molecule has 0 saturated carbocycles. The first-order valence-corrected chi connectivity index (χ1v) is 6.06. The number of para-hydroxylation sites is 1. The summed E-state index contributed by atoms with van der Waals surface area (Å²) in [5.74, 6) is -1.04. The molecule has 1 unspecified atom stereocenters. The molecule has 1 atom stereocenters. The Bertz CT molecular complexity index is 584. The molecule has 0 aromatic heterocycles. The van der Waals surface area contributed by atoms with E-state index < -0.39 is 17.7 Å². The number of phenolic OH excluding ortho intramolecular Hbond substituents is 1. The van der Waals surface area contributed by atoms with E-state index in [1.807, 2.05) is 0 Å². The van der Waals surface area contributed by atoms with Crippen molar-refractivity contribution < 1.29 is 13.9 Å². The van der Waals surface area contributed by atoms with Crippen LogP contribution in [0.4, 0.5) is 14.5 Å². The van der Waals surface area contributed by atoms with Crippen molar-refractivity contribution in [3.05, 3.63) is 58.6 Å². The summed E-state index contributed by atoms with van der Waals surface area (Å²) in [6.07, 6.45) is 0. The van der Waals surface area contributed by atoms with Gasteiger partial charge in [-0.15, -0.1) is 0 Å². The molecule has 2 aromatic rings. The van der Waals surface area contributed by atoms with Crippen LogP contribution in [0.2, 0.25) is 5.02 Å². The molecule has 0 saturated heterocycles. The Morgan fingerprint density at radius 1 is 1.21 bits per heavy atom. The maximum Gasteiger partial charge on any atom is 0.147 e. The summed E-state index contributed by atoms with van der Waals surface area (Å²) in [6, 6.07) is 7.42. The van der Waals surface area contributed by atoms with Crippen molar-refractivity contribution in [3.8, 4) is 5.75 Å². The Balaban J connectivity index is 2.31. The van der Waals surface area contributed by atoms with Crippen LogP contribution in [0.1, 0.15) is 18.5 Å². The van der Waals surface area contributed by atoms with Crippen molar-refractivity contribution in [2.75, 3.05) is 5.32 Å². The van der Waals surface area contributed by atoms with Crippen LogP contribution in [0, 0.1) is 11.6 Å². The fourth-order valence-electron chi connectivity index (χ4n) is 1.80. The molecular weight excluding hydrogens is 272 g/mol. The second-order valence-electron chi connectivity index (χ2n) is 4.17. The molecular formula is C14H12ClF2NO. The van der Waals surface area contributed by atoms with Gasteiger partial charge in [-0.25, -0.2) is 8.78 Å². The zero-order valence-electron chi connectivity index (χ0n) is 10.1. The van der Waals surface area contributed by atoms with Crippen LogP contribution in [-0.4, -0.2) is 5.11 Å². The van der Waals surface area contributed by atoms with Crippen LogP contribution in [-0.2, 0) is 0 Å². The molecule has 0 aliphatic heterocycles. The lowest BCUT2D eigenvalue weighted by Gasteiger charge is -2.18. The van der Waals surface area contributed by atoms with Gasteiger partial charge < -0.3 is 10.4 Å². The smallest absolute Gasteiger partial charge is 0.147 e. The van der Waals surface area contributed by atoms with Crippen molar-refractivity contribution in [2.24, 2.45) is 0 Å². The number of rotatable bonds is 3. The van der Waals surface area contributed by atoms with E-state index in [4.69, 9.17) is 11.6 Å². The minimum Gasteiger partial charge on any atom is -0.508 e. The van der Waals surface area contributed by atoms with Crippen LogP contribution in [0.25, 0.3) is 0 Å². The Labute approximate surface area is 114 Å². The molecule has 0 amide bonds. The highest BCUT2D eigenvalue weighted by molar-refractivity contribution is 6.33. The van der Waals surface area contributed by atoms with Gasteiger partial charge in [0.15, 0.2) is 0 Å². The van der Waals surface area contributed by atoms with E-state index in [1.165, 1.54) is 24.3 Å². The van der Waals surface area contributed by atoms with Crippen molar-refractivity contribution in [1.82, 2.24) is 0 Å². The number of phenols is 1. The second-order valence-corrected chi connectivity index (χ2v) is 4.57. The highest BCUT2D eigenvalue weighted by atomic mass is 35.5. The third-order valence-electron chi connectivity index (χ3n) is 2.78. The summed E-state index contributed by atoms with van der Waals surface area (Å²) in [7, 11) is 0. The molecule has 2 rings (SSSR count). The fourth-order valence-corrected chi connectivity index (χ4v) is 2.02. The van der Waals surface area contributed by atoms with Gasteiger partial charge in [-0.3, -0.25) is 0 Å². The number of halogens is 3. The molecule has 0 aliphatic carbocycles. The molecule has 100 valence electrons. The zero-order valence-corrected chi connectivity index (χ0v) is 10.9. The van der Waals surface area contributed by atoms with Crippen LogP contribution >= 0.6 is 11.6 Å². The standard InChI is InChI=1S/C14H12ClF2NO/c1-8(10-7-9(16)5-6-13(10)19)18-14-11(15)3-2-4-12(14)17/h2-8,18-19H,1H3. The summed E-state index contributed by atoms with van der Waals surface area (Å²) < 4.78 is 26.8. The highest BCUT2D eigenvalue weighted by Gasteiger charge is 2.15. The average molecular weight is 284 g/mol. The zero-order chi connectivity index (χ0) is 14.0. The number of aromatic hydroxyl groups is 1. The molecule has 2 nitrogen and oxygen atoms in total. The fraction of sp³-hybridized carbons (Fsp3) is 0.143. The minimum atomic E-state index is -0.504. The number of nitrogens with one attached hydrogen (secondary N) is 1. The summed E-state index contributed by atoms with van der Waals surface area (Å²) in [6.45, 7) is 1.68. The topological polar surface area (TPSA) is 32.3 Å². The average Bonchev–Trinajstić information content (AvgIpc) is 2.37. The minimum absolute atomic E-state index is 0.0612. The molecule has 2 aromatic carbocycles. The van der Waals surface area contributed by atoms with E-state index in [-0.39, 0.29) is 16.5 Å². The van der Waals surface area contributed by atoms with Gasteiger partial charge in [0, 0.05) is 5.56 Å². The van der Waals surface area contributed by atoms with Gasteiger partial charge in [-0.05, 0) is 37.3 Å². The molecule has 0 aliphatic rings. The van der Waals surface area contributed by atoms with Gasteiger partial charge in [0.25, 0.3) is 0 Å². The Hall–Kier alpha value is -1.81. The largest absolute Gasteiger partial charge is 0.508 e. The van der Waals surface area contributed by atoms with E-state index in [1.54, 1.807) is 13.0 Å². The summed E-state index contributed by atoms with van der Waals surface area (Å²) in [5.41, 5.74) is 0.458. The maximum absolute atomic E-state index is 13.6. The highest BCUT2D eigenvalue weighted by Crippen LogP contribution is 2.31. The predicted molar refractivity (Wildman–Crippen MR) is 71.5 cm³/mol. The van der Waals surface area contributed by atoms with E-state index in [2.05, 4.69) is 5.32 Å². The van der Waals surface area contributed by atoms with Crippen molar-refractivity contribution in [2.45, 2.75) is 13.0 Å². The Morgan fingerprint density at radius 3 is 2.63 bits per heavy atom. The van der Waals surface area contributed by atoms with Crippen molar-refractivity contribution in [1.29, 1.82) is 0 Å². The van der Waals surface area contributed by atoms with E-state index in [0.717, 1.165) is 6.07 Å². The quantitative estimate of drug-likeness (QED) is 0.869. The third kappa shape index (κ3) is 2.96. The van der Waals surface area contributed by atoms with Gasteiger partial charge in [-0.1, -0.05) is 17.7 Å². The lowest BCUT2D eigenvalue weighted by Crippen LogP contribution is -2.09. The lowest BCUT2D eigenvalue weighted by atomic mass is 10.1. The van der Waals surface area contributed by atoms with Gasteiger partial charge in [0.05, 0.1) is 16.8 Å². The van der Waals surface area contributed by atoms with E-state index >= 15 is 0 Å². The normalized spacial score (nSPS) is 12.2. The first-order valence-electron chi connectivity index (χ1n) is 5.68. The summed E-state index contributed by atoms with van der Waals surface area (Å²) in [5, 5.41) is 12.7. The van der Waals surface area contributed by atoms with Crippen LogP contribution in [0.5, 0.6) is 5.75 Å². The summed E-state index contributed by atoms with van der Waals surface area (Å²) >= 11 is 5.89. The third-order valence-corrected chi connectivity index (χ3v) is 3.09. The summed E-state index contributed by atoms with van der Waals surface area (Å²) in [4.78, 5) is 0. The first-order chi connectivity index (χ1) is 8.99. The van der Waals surface area contributed by atoms with E-state index in [0.29, 0.717) is 5.56 Å². The monoisotopic (exact) mass is 283 g/mol. The second kappa shape index (κ2) is 5.45. The molecule has 5 heteroatoms. The van der Waals surface area contributed by atoms with Crippen LogP contribution in [0.15, 0.2) is 36.4 Å². The molecule has 0 radical (unpaired) electrons. The molecule has 0 fully saturated rings. The molecule has 0 bridgehead atoms. The van der Waals surface area contributed by atoms with Crippen molar-refractivity contribution in [3.63, 3.8) is 0 Å². The molecule has 19 heavy (non-hydrogen) atoms. The Morgan fingerprint density at radius 2 is 1.95 bits per heavy atom. The van der Waals surface area contributed by atoms with Gasteiger partial charge in [-0.2, -0.15) is 0 Å². The number of benzene rings is 2. The van der Waals surface area contributed by atoms with Gasteiger partial charge in [0.2, 0.25) is 0 Å². The number of anilines is 1. The number of hydrogen-bond acceptors (Lipinski definition) is 2. The lowest BCUT2D eigenvalue weighted by molar-refractivity contribution is 0.462. The van der Waals surface area contributed by atoms with Gasteiger partial charge in [0.1, 0.15) is 17.4 Å². The molecule has 2 N–H and O–H groups in total. The van der Waals surface area contributed by atoms with Gasteiger partial charge >= 0.3 is 0 Å².